The average molecular weight is 339 g/mol. The summed E-state index contributed by atoms with van der Waals surface area (Å²) < 4.78 is 6.38. The molecule has 0 bridgehead atoms. The highest BCUT2D eigenvalue weighted by Gasteiger charge is 2.12. The van der Waals surface area contributed by atoms with Crippen molar-refractivity contribution in [2.45, 2.75) is 13.1 Å². The molecule has 0 saturated heterocycles. The summed E-state index contributed by atoms with van der Waals surface area (Å²) >= 11 is 0. The molecule has 3 rings (SSSR count). The third-order valence-corrected chi connectivity index (χ3v) is 3.66. The second kappa shape index (κ2) is 7.63. The number of hydrogen-bond donors (Lipinski definition) is 1. The number of methoxy groups -OCH3 is 1. The van der Waals surface area contributed by atoms with Crippen LogP contribution in [0.3, 0.4) is 0 Å². The summed E-state index contributed by atoms with van der Waals surface area (Å²) in [5.41, 5.74) is 0.639. The molecule has 8 heteroatoms. The molecular weight excluding hydrogens is 322 g/mol. The Kier molecular flexibility index (Phi) is 5.10. The van der Waals surface area contributed by atoms with Crippen LogP contribution in [0.5, 0.6) is 0 Å². The minimum atomic E-state index is -0.353. The van der Waals surface area contributed by atoms with Gasteiger partial charge >= 0.3 is 0 Å². The Bertz CT molecular complexity index is 940. The number of carbonyl (C=O) groups is 1. The van der Waals surface area contributed by atoms with Crippen LogP contribution in [-0.2, 0) is 17.8 Å². The van der Waals surface area contributed by atoms with Gasteiger partial charge in [0.1, 0.15) is 5.69 Å². The van der Waals surface area contributed by atoms with Gasteiger partial charge in [-0.05, 0) is 6.07 Å². The van der Waals surface area contributed by atoms with E-state index in [2.05, 4.69) is 20.4 Å². The molecule has 1 aromatic carbocycles. The van der Waals surface area contributed by atoms with Gasteiger partial charge in [-0.1, -0.05) is 18.2 Å². The van der Waals surface area contributed by atoms with Crippen LogP contribution in [0.4, 0.5) is 0 Å². The van der Waals surface area contributed by atoms with E-state index in [0.29, 0.717) is 29.6 Å². The maximum absolute atomic E-state index is 12.5. The van der Waals surface area contributed by atoms with E-state index in [0.717, 1.165) is 0 Å². The molecule has 128 valence electrons. The largest absolute Gasteiger partial charge is 0.383 e. The predicted molar refractivity (Wildman–Crippen MR) is 91.1 cm³/mol. The molecule has 0 aliphatic carbocycles. The van der Waals surface area contributed by atoms with E-state index >= 15 is 0 Å². The van der Waals surface area contributed by atoms with Gasteiger partial charge in [0.25, 0.3) is 11.5 Å². The van der Waals surface area contributed by atoms with Gasteiger partial charge in [0, 0.05) is 24.9 Å². The molecule has 25 heavy (non-hydrogen) atoms. The number of fused-ring (bicyclic) bond motifs is 1. The number of carbonyl (C=O) groups excluding carboxylic acids is 1. The molecule has 0 fully saturated rings. The van der Waals surface area contributed by atoms with Crippen molar-refractivity contribution in [2.75, 3.05) is 13.7 Å². The number of nitrogens with one attached hydrogen (secondary N) is 1. The summed E-state index contributed by atoms with van der Waals surface area (Å²) in [5, 5.41) is 8.40. The zero-order valence-electron chi connectivity index (χ0n) is 13.7. The molecule has 2 heterocycles. The number of nitrogens with zero attached hydrogens (tertiary/aromatic N) is 4. The zero-order chi connectivity index (χ0) is 17.6. The van der Waals surface area contributed by atoms with E-state index in [9.17, 15) is 9.59 Å². The molecule has 1 N–H and O–H groups in total. The normalized spacial score (nSPS) is 10.8. The number of ether oxygens (including phenoxy) is 1. The Labute approximate surface area is 143 Å². The van der Waals surface area contributed by atoms with Crippen molar-refractivity contribution >= 4 is 16.7 Å². The van der Waals surface area contributed by atoms with E-state index in [1.165, 1.54) is 23.3 Å². The molecule has 0 aliphatic rings. The first kappa shape index (κ1) is 16.7. The van der Waals surface area contributed by atoms with Gasteiger partial charge in [0.15, 0.2) is 0 Å². The maximum Gasteiger partial charge on any atom is 0.274 e. The van der Waals surface area contributed by atoms with E-state index in [1.807, 2.05) is 12.1 Å². The number of aromatic nitrogens is 4. The first-order valence-electron chi connectivity index (χ1n) is 7.72. The van der Waals surface area contributed by atoms with Crippen LogP contribution in [-0.4, -0.2) is 39.4 Å². The minimum Gasteiger partial charge on any atom is -0.383 e. The van der Waals surface area contributed by atoms with Crippen LogP contribution in [0.2, 0.25) is 0 Å². The summed E-state index contributed by atoms with van der Waals surface area (Å²) in [6, 6.07) is 7.19. The Morgan fingerprint density at radius 3 is 2.76 bits per heavy atom. The molecule has 0 spiro atoms. The Morgan fingerprint density at radius 2 is 2.04 bits per heavy atom. The summed E-state index contributed by atoms with van der Waals surface area (Å²) in [7, 11) is 1.56. The highest BCUT2D eigenvalue weighted by Crippen LogP contribution is 2.13. The lowest BCUT2D eigenvalue weighted by Crippen LogP contribution is -2.29. The van der Waals surface area contributed by atoms with Gasteiger partial charge in [-0.25, -0.2) is 9.67 Å². The quantitative estimate of drug-likeness (QED) is 0.712. The van der Waals surface area contributed by atoms with Crippen molar-refractivity contribution in [1.82, 2.24) is 25.1 Å². The average Bonchev–Trinajstić information content (AvgIpc) is 2.67. The highest BCUT2D eigenvalue weighted by atomic mass is 16.5. The zero-order valence-corrected chi connectivity index (χ0v) is 13.7. The maximum atomic E-state index is 12.5. The van der Waals surface area contributed by atoms with Crippen LogP contribution in [0.1, 0.15) is 16.2 Å². The van der Waals surface area contributed by atoms with Crippen LogP contribution < -0.4 is 10.9 Å². The molecule has 8 nitrogen and oxygen atoms in total. The second-order valence-corrected chi connectivity index (χ2v) is 5.29. The summed E-state index contributed by atoms with van der Waals surface area (Å²) in [6.07, 6.45) is 4.34. The van der Waals surface area contributed by atoms with Crippen LogP contribution in [0.25, 0.3) is 10.8 Å². The third-order valence-electron chi connectivity index (χ3n) is 3.66. The lowest BCUT2D eigenvalue weighted by molar-refractivity contribution is 0.0945. The number of benzene rings is 1. The van der Waals surface area contributed by atoms with E-state index < -0.39 is 0 Å². The van der Waals surface area contributed by atoms with Crippen LogP contribution in [0, 0.1) is 0 Å². The van der Waals surface area contributed by atoms with Gasteiger partial charge in [0.05, 0.1) is 37.0 Å². The highest BCUT2D eigenvalue weighted by molar-refractivity contribution is 5.92. The molecule has 3 aromatic rings. The fraction of sp³-hybridized carbons (Fsp3) is 0.235. The van der Waals surface area contributed by atoms with Crippen LogP contribution >= 0.6 is 0 Å². The summed E-state index contributed by atoms with van der Waals surface area (Å²) in [6.45, 7) is 0.880. The Balaban J connectivity index is 1.91. The monoisotopic (exact) mass is 339 g/mol. The molecule has 0 saturated carbocycles. The lowest BCUT2D eigenvalue weighted by atomic mass is 10.1. The van der Waals surface area contributed by atoms with Gasteiger partial charge in [-0.3, -0.25) is 14.6 Å². The standard InChI is InChI=1S/C17H17N5O3/c1-25-9-8-22-17(24)13-5-3-2-4-12(13)14(21-22)11-20-16(23)15-10-18-6-7-19-15/h2-7,10H,8-9,11H2,1H3,(H,20,23). The van der Waals surface area contributed by atoms with E-state index in [4.69, 9.17) is 4.74 Å². The summed E-state index contributed by atoms with van der Waals surface area (Å²) in [5.74, 6) is -0.353. The molecule has 0 unspecified atom stereocenters. The first-order valence-corrected chi connectivity index (χ1v) is 7.72. The molecular formula is C17H17N5O3. The van der Waals surface area contributed by atoms with Crippen molar-refractivity contribution < 1.29 is 9.53 Å². The smallest absolute Gasteiger partial charge is 0.274 e. The van der Waals surface area contributed by atoms with Gasteiger partial charge in [-0.15, -0.1) is 0 Å². The van der Waals surface area contributed by atoms with Gasteiger partial charge in [-0.2, -0.15) is 5.10 Å². The van der Waals surface area contributed by atoms with Crippen molar-refractivity contribution in [3.63, 3.8) is 0 Å². The van der Waals surface area contributed by atoms with Crippen molar-refractivity contribution in [2.24, 2.45) is 0 Å². The third kappa shape index (κ3) is 3.69. The summed E-state index contributed by atoms with van der Waals surface area (Å²) in [4.78, 5) is 32.5. The van der Waals surface area contributed by atoms with Crippen molar-refractivity contribution in [3.05, 3.63) is 64.6 Å². The van der Waals surface area contributed by atoms with E-state index in [-0.39, 0.29) is 23.7 Å². The fourth-order valence-corrected chi connectivity index (χ4v) is 2.44. The Hall–Kier alpha value is -3.13. The SMILES string of the molecule is COCCn1nc(CNC(=O)c2cnccn2)c2ccccc2c1=O. The van der Waals surface area contributed by atoms with Gasteiger partial charge < -0.3 is 10.1 Å². The molecule has 0 atom stereocenters. The van der Waals surface area contributed by atoms with Crippen LogP contribution in [0.15, 0.2) is 47.7 Å². The topological polar surface area (TPSA) is 99.0 Å². The molecule has 2 aromatic heterocycles. The van der Waals surface area contributed by atoms with E-state index in [1.54, 1.807) is 19.2 Å². The fourth-order valence-electron chi connectivity index (χ4n) is 2.44. The lowest BCUT2D eigenvalue weighted by Gasteiger charge is -2.11. The molecule has 0 radical (unpaired) electrons. The number of rotatable bonds is 6. The number of amides is 1. The second-order valence-electron chi connectivity index (χ2n) is 5.29. The number of hydrogen-bond acceptors (Lipinski definition) is 6. The molecule has 0 aliphatic heterocycles. The van der Waals surface area contributed by atoms with Gasteiger partial charge in [0.2, 0.25) is 0 Å². The molecule has 1 amide bonds. The predicted octanol–water partition coefficient (Wildman–Crippen LogP) is 0.763. The Morgan fingerprint density at radius 1 is 1.24 bits per heavy atom. The minimum absolute atomic E-state index is 0.170. The first-order chi connectivity index (χ1) is 12.2. The van der Waals surface area contributed by atoms with Crippen molar-refractivity contribution in [1.29, 1.82) is 0 Å². The van der Waals surface area contributed by atoms with Crippen molar-refractivity contribution in [3.8, 4) is 0 Å².